The SMILES string of the molecule is C=CCCC(NC(=O)c1cc([N+](=O)[O-])ccc1OC)C(=O)O. The van der Waals surface area contributed by atoms with E-state index in [1.807, 2.05) is 0 Å². The average Bonchev–Trinajstić information content (AvgIpc) is 2.49. The number of carbonyl (C=O) groups excluding carboxylic acids is 1. The van der Waals surface area contributed by atoms with Crippen molar-refractivity contribution in [2.24, 2.45) is 0 Å². The van der Waals surface area contributed by atoms with E-state index < -0.39 is 22.8 Å². The predicted octanol–water partition coefficient (Wildman–Crippen LogP) is 1.75. The summed E-state index contributed by atoms with van der Waals surface area (Å²) in [5.41, 5.74) is -0.384. The number of nitrogens with one attached hydrogen (secondary N) is 1. The molecule has 1 aromatic rings. The monoisotopic (exact) mass is 308 g/mol. The van der Waals surface area contributed by atoms with E-state index in [0.29, 0.717) is 6.42 Å². The minimum atomic E-state index is -1.19. The van der Waals surface area contributed by atoms with Gasteiger partial charge in [-0.15, -0.1) is 6.58 Å². The molecule has 0 bridgehead atoms. The van der Waals surface area contributed by atoms with Gasteiger partial charge in [0, 0.05) is 12.1 Å². The van der Waals surface area contributed by atoms with Crippen LogP contribution in [-0.2, 0) is 4.79 Å². The number of hydrogen-bond acceptors (Lipinski definition) is 5. The zero-order valence-electron chi connectivity index (χ0n) is 11.9. The summed E-state index contributed by atoms with van der Waals surface area (Å²) < 4.78 is 4.98. The van der Waals surface area contributed by atoms with Crippen molar-refractivity contribution in [1.29, 1.82) is 0 Å². The second-order valence-electron chi connectivity index (χ2n) is 4.37. The van der Waals surface area contributed by atoms with Crippen LogP contribution in [0.2, 0.25) is 0 Å². The summed E-state index contributed by atoms with van der Waals surface area (Å²) in [4.78, 5) is 33.4. The van der Waals surface area contributed by atoms with E-state index in [1.54, 1.807) is 0 Å². The van der Waals surface area contributed by atoms with Gasteiger partial charge in [0.25, 0.3) is 11.6 Å². The molecule has 22 heavy (non-hydrogen) atoms. The lowest BCUT2D eigenvalue weighted by molar-refractivity contribution is -0.384. The van der Waals surface area contributed by atoms with Crippen molar-refractivity contribution in [3.8, 4) is 5.75 Å². The molecule has 0 aliphatic rings. The number of ether oxygens (including phenoxy) is 1. The second kappa shape index (κ2) is 7.77. The number of allylic oxidation sites excluding steroid dienone is 1. The van der Waals surface area contributed by atoms with E-state index in [4.69, 9.17) is 9.84 Å². The molecule has 0 spiro atoms. The number of methoxy groups -OCH3 is 1. The molecule has 0 fully saturated rings. The maximum atomic E-state index is 12.2. The minimum Gasteiger partial charge on any atom is -0.496 e. The zero-order chi connectivity index (χ0) is 16.7. The Morgan fingerprint density at radius 1 is 1.55 bits per heavy atom. The van der Waals surface area contributed by atoms with E-state index in [2.05, 4.69) is 11.9 Å². The molecule has 0 aliphatic carbocycles. The number of hydrogen-bond donors (Lipinski definition) is 2. The van der Waals surface area contributed by atoms with Gasteiger partial charge in [0.2, 0.25) is 0 Å². The Morgan fingerprint density at radius 3 is 2.73 bits per heavy atom. The Balaban J connectivity index is 3.04. The molecule has 8 nitrogen and oxygen atoms in total. The van der Waals surface area contributed by atoms with E-state index in [9.17, 15) is 19.7 Å². The molecule has 8 heteroatoms. The Labute approximate surface area is 126 Å². The molecule has 0 heterocycles. The number of carboxylic acids is 1. The average molecular weight is 308 g/mol. The van der Waals surface area contributed by atoms with Crippen molar-refractivity contribution >= 4 is 17.6 Å². The van der Waals surface area contributed by atoms with E-state index in [0.717, 1.165) is 6.07 Å². The fourth-order valence-electron chi connectivity index (χ4n) is 1.76. The van der Waals surface area contributed by atoms with E-state index >= 15 is 0 Å². The van der Waals surface area contributed by atoms with Crippen LogP contribution in [-0.4, -0.2) is 35.1 Å². The third-order valence-electron chi connectivity index (χ3n) is 2.90. The molecule has 118 valence electrons. The van der Waals surface area contributed by atoms with Crippen LogP contribution >= 0.6 is 0 Å². The molecule has 0 saturated carbocycles. The third-order valence-corrected chi connectivity index (χ3v) is 2.90. The Kier molecular flexibility index (Phi) is 6.06. The number of non-ortho nitro benzene ring substituents is 1. The van der Waals surface area contributed by atoms with Gasteiger partial charge in [-0.1, -0.05) is 6.08 Å². The van der Waals surface area contributed by atoms with Gasteiger partial charge in [0.05, 0.1) is 17.6 Å². The Hall–Kier alpha value is -2.90. The highest BCUT2D eigenvalue weighted by Gasteiger charge is 2.23. The molecule has 0 saturated heterocycles. The number of carboxylic acid groups (broad SMARTS) is 1. The number of nitrogens with zero attached hydrogens (tertiary/aromatic N) is 1. The highest BCUT2D eigenvalue weighted by Crippen LogP contribution is 2.24. The number of nitro benzene ring substituents is 1. The van der Waals surface area contributed by atoms with Gasteiger partial charge in [-0.25, -0.2) is 4.79 Å². The lowest BCUT2D eigenvalue weighted by Crippen LogP contribution is -2.40. The maximum Gasteiger partial charge on any atom is 0.326 e. The van der Waals surface area contributed by atoms with Crippen LogP contribution in [0.3, 0.4) is 0 Å². The maximum absolute atomic E-state index is 12.2. The van der Waals surface area contributed by atoms with Crippen LogP contribution in [0.25, 0.3) is 0 Å². The summed E-state index contributed by atoms with van der Waals surface area (Å²) in [6.45, 7) is 3.49. The smallest absolute Gasteiger partial charge is 0.326 e. The van der Waals surface area contributed by atoms with Crippen molar-refractivity contribution < 1.29 is 24.4 Å². The van der Waals surface area contributed by atoms with Gasteiger partial charge >= 0.3 is 5.97 Å². The standard InChI is InChI=1S/C14H16N2O6/c1-3-4-5-11(14(18)19)15-13(17)10-8-9(16(20)21)6-7-12(10)22-2/h3,6-8,11H,1,4-5H2,2H3,(H,15,17)(H,18,19). The van der Waals surface area contributed by atoms with Crippen molar-refractivity contribution in [2.75, 3.05) is 7.11 Å². The fraction of sp³-hybridized carbons (Fsp3) is 0.286. The van der Waals surface area contributed by atoms with Crippen LogP contribution in [0, 0.1) is 10.1 Å². The summed E-state index contributed by atoms with van der Waals surface area (Å²) in [5.74, 6) is -1.83. The molecule has 0 radical (unpaired) electrons. The molecule has 0 aromatic heterocycles. The predicted molar refractivity (Wildman–Crippen MR) is 78.0 cm³/mol. The summed E-state index contributed by atoms with van der Waals surface area (Å²) in [7, 11) is 1.31. The van der Waals surface area contributed by atoms with Crippen molar-refractivity contribution in [1.82, 2.24) is 5.32 Å². The van der Waals surface area contributed by atoms with E-state index in [-0.39, 0.29) is 23.4 Å². The lowest BCUT2D eigenvalue weighted by Gasteiger charge is -2.15. The third kappa shape index (κ3) is 4.30. The van der Waals surface area contributed by atoms with Gasteiger partial charge in [0.1, 0.15) is 11.8 Å². The molecule has 1 atom stereocenters. The first kappa shape index (κ1) is 17.2. The van der Waals surface area contributed by atoms with Gasteiger partial charge in [-0.2, -0.15) is 0 Å². The Morgan fingerprint density at radius 2 is 2.23 bits per heavy atom. The lowest BCUT2D eigenvalue weighted by atomic mass is 10.1. The molecular weight excluding hydrogens is 292 g/mol. The fourth-order valence-corrected chi connectivity index (χ4v) is 1.76. The van der Waals surface area contributed by atoms with Gasteiger partial charge in [-0.05, 0) is 18.9 Å². The highest BCUT2D eigenvalue weighted by atomic mass is 16.6. The first-order chi connectivity index (χ1) is 10.4. The van der Waals surface area contributed by atoms with Crippen molar-refractivity contribution in [3.05, 3.63) is 46.5 Å². The van der Waals surface area contributed by atoms with Gasteiger partial charge < -0.3 is 15.2 Å². The van der Waals surface area contributed by atoms with Crippen LogP contribution in [0.1, 0.15) is 23.2 Å². The summed E-state index contributed by atoms with van der Waals surface area (Å²) >= 11 is 0. The normalized spacial score (nSPS) is 11.3. The summed E-state index contributed by atoms with van der Waals surface area (Å²) in [6.07, 6.45) is 2.11. The number of nitro groups is 1. The van der Waals surface area contributed by atoms with Crippen molar-refractivity contribution in [2.45, 2.75) is 18.9 Å². The number of benzene rings is 1. The highest BCUT2D eigenvalue weighted by molar-refractivity contribution is 5.99. The van der Waals surface area contributed by atoms with E-state index in [1.165, 1.54) is 25.3 Å². The molecular formula is C14H16N2O6. The quantitative estimate of drug-likeness (QED) is 0.429. The second-order valence-corrected chi connectivity index (χ2v) is 4.37. The molecule has 2 N–H and O–H groups in total. The Bertz CT molecular complexity index is 599. The topological polar surface area (TPSA) is 119 Å². The molecule has 1 amide bonds. The largest absolute Gasteiger partial charge is 0.496 e. The molecule has 1 rings (SSSR count). The molecule has 0 aliphatic heterocycles. The first-order valence-electron chi connectivity index (χ1n) is 6.37. The first-order valence-corrected chi connectivity index (χ1v) is 6.37. The van der Waals surface area contributed by atoms with Crippen molar-refractivity contribution in [3.63, 3.8) is 0 Å². The van der Waals surface area contributed by atoms with Gasteiger partial charge in [0.15, 0.2) is 0 Å². The van der Waals surface area contributed by atoms with Crippen LogP contribution < -0.4 is 10.1 Å². The number of amides is 1. The number of carbonyl (C=O) groups is 2. The van der Waals surface area contributed by atoms with Crippen LogP contribution in [0.15, 0.2) is 30.9 Å². The van der Waals surface area contributed by atoms with Gasteiger partial charge in [-0.3, -0.25) is 14.9 Å². The molecule has 1 aromatic carbocycles. The zero-order valence-corrected chi connectivity index (χ0v) is 11.9. The number of rotatable bonds is 8. The number of aliphatic carboxylic acids is 1. The van der Waals surface area contributed by atoms with Crippen LogP contribution in [0.5, 0.6) is 5.75 Å². The van der Waals surface area contributed by atoms with Crippen LogP contribution in [0.4, 0.5) is 5.69 Å². The summed E-state index contributed by atoms with van der Waals surface area (Å²) in [6, 6.07) is 2.41. The summed E-state index contributed by atoms with van der Waals surface area (Å²) in [5, 5.41) is 22.2. The molecule has 1 unspecified atom stereocenters. The minimum absolute atomic E-state index is 0.0958.